The van der Waals surface area contributed by atoms with Crippen LogP contribution in [0.4, 0.5) is 11.4 Å². The quantitative estimate of drug-likeness (QED) is 0.290. The van der Waals surface area contributed by atoms with Crippen molar-refractivity contribution in [3.8, 4) is 5.69 Å². The van der Waals surface area contributed by atoms with Crippen molar-refractivity contribution >= 4 is 44.6 Å². The SMILES string of the molecule is Cc1cc([C@@H]2[C@@H](c3ccccn3)NC(=S)N2c2ccc(Br)cc2)c(C)n1-c1ccc(N(C)C)cc1. The van der Waals surface area contributed by atoms with E-state index in [-0.39, 0.29) is 12.1 Å². The fourth-order valence-electron chi connectivity index (χ4n) is 4.93. The number of nitrogens with zero attached hydrogens (tertiary/aromatic N) is 4. The Morgan fingerprint density at radius 1 is 0.943 bits per heavy atom. The van der Waals surface area contributed by atoms with Crippen LogP contribution < -0.4 is 15.1 Å². The summed E-state index contributed by atoms with van der Waals surface area (Å²) in [7, 11) is 4.12. The first-order valence-corrected chi connectivity index (χ1v) is 12.8. The predicted molar refractivity (Wildman–Crippen MR) is 152 cm³/mol. The maximum atomic E-state index is 5.89. The van der Waals surface area contributed by atoms with Crippen molar-refractivity contribution in [2.24, 2.45) is 0 Å². The van der Waals surface area contributed by atoms with E-state index in [1.165, 1.54) is 22.6 Å². The van der Waals surface area contributed by atoms with Gasteiger partial charge in [-0.25, -0.2) is 0 Å². The van der Waals surface area contributed by atoms with Gasteiger partial charge in [-0.15, -0.1) is 0 Å². The molecular weight excluding hydrogens is 518 g/mol. The molecule has 1 N–H and O–H groups in total. The van der Waals surface area contributed by atoms with Gasteiger partial charge < -0.3 is 19.7 Å². The number of aromatic nitrogens is 2. The van der Waals surface area contributed by atoms with Gasteiger partial charge in [-0.2, -0.15) is 0 Å². The molecule has 7 heteroatoms. The molecule has 1 saturated heterocycles. The van der Waals surface area contributed by atoms with Gasteiger partial charge in [0.1, 0.15) is 0 Å². The number of rotatable bonds is 5. The number of aryl methyl sites for hydroxylation is 1. The van der Waals surface area contributed by atoms with E-state index < -0.39 is 0 Å². The Labute approximate surface area is 220 Å². The summed E-state index contributed by atoms with van der Waals surface area (Å²) in [6, 6.07) is 25.2. The summed E-state index contributed by atoms with van der Waals surface area (Å²) in [5.41, 5.74) is 7.95. The minimum atomic E-state index is -0.0718. The molecule has 1 fully saturated rings. The maximum Gasteiger partial charge on any atom is 0.174 e. The summed E-state index contributed by atoms with van der Waals surface area (Å²) in [6.45, 7) is 4.36. The van der Waals surface area contributed by atoms with Crippen molar-refractivity contribution in [2.75, 3.05) is 23.9 Å². The topological polar surface area (TPSA) is 36.3 Å². The number of benzene rings is 2. The zero-order valence-corrected chi connectivity index (χ0v) is 22.6. The first-order chi connectivity index (χ1) is 16.8. The molecular formula is C28H28BrN5S. The Morgan fingerprint density at radius 3 is 2.26 bits per heavy atom. The Balaban J connectivity index is 1.64. The van der Waals surface area contributed by atoms with Crippen LogP contribution in [0.5, 0.6) is 0 Å². The van der Waals surface area contributed by atoms with Crippen LogP contribution in [-0.2, 0) is 0 Å². The van der Waals surface area contributed by atoms with Gasteiger partial charge in [-0.3, -0.25) is 4.98 Å². The highest BCUT2D eigenvalue weighted by Gasteiger charge is 2.42. The molecule has 0 bridgehead atoms. The molecule has 0 radical (unpaired) electrons. The summed E-state index contributed by atoms with van der Waals surface area (Å²) < 4.78 is 3.36. The highest BCUT2D eigenvalue weighted by molar-refractivity contribution is 9.10. The molecule has 4 aromatic rings. The van der Waals surface area contributed by atoms with Gasteiger partial charge in [-0.05, 0) is 98.4 Å². The van der Waals surface area contributed by atoms with Crippen LogP contribution >= 0.6 is 28.1 Å². The van der Waals surface area contributed by atoms with Crippen molar-refractivity contribution < 1.29 is 0 Å². The number of hydrogen-bond acceptors (Lipinski definition) is 3. The highest BCUT2D eigenvalue weighted by Crippen LogP contribution is 2.44. The van der Waals surface area contributed by atoms with Crippen molar-refractivity contribution in [1.82, 2.24) is 14.9 Å². The molecule has 0 unspecified atom stereocenters. The summed E-state index contributed by atoms with van der Waals surface area (Å²) in [4.78, 5) is 9.03. The van der Waals surface area contributed by atoms with Crippen molar-refractivity contribution in [1.29, 1.82) is 0 Å². The van der Waals surface area contributed by atoms with E-state index in [0.717, 1.165) is 21.5 Å². The molecule has 0 saturated carbocycles. The van der Waals surface area contributed by atoms with Crippen LogP contribution in [0.25, 0.3) is 5.69 Å². The summed E-state index contributed by atoms with van der Waals surface area (Å²) in [5.74, 6) is 0. The van der Waals surface area contributed by atoms with Crippen LogP contribution in [0.3, 0.4) is 0 Å². The van der Waals surface area contributed by atoms with E-state index in [1.54, 1.807) is 0 Å². The zero-order chi connectivity index (χ0) is 24.7. The normalized spacial score (nSPS) is 17.5. The molecule has 2 aromatic carbocycles. The lowest BCUT2D eigenvalue weighted by molar-refractivity contribution is 0.565. The third-order valence-corrected chi connectivity index (χ3v) is 7.46. The second-order valence-corrected chi connectivity index (χ2v) is 10.3. The Morgan fingerprint density at radius 2 is 1.63 bits per heavy atom. The van der Waals surface area contributed by atoms with Crippen LogP contribution in [0.1, 0.15) is 34.7 Å². The van der Waals surface area contributed by atoms with E-state index in [9.17, 15) is 0 Å². The lowest BCUT2D eigenvalue weighted by atomic mass is 9.96. The first-order valence-electron chi connectivity index (χ1n) is 11.6. The highest BCUT2D eigenvalue weighted by atomic mass is 79.9. The fourth-order valence-corrected chi connectivity index (χ4v) is 5.55. The van der Waals surface area contributed by atoms with E-state index in [1.807, 2.05) is 18.3 Å². The Bertz CT molecular complexity index is 1350. The third kappa shape index (κ3) is 4.34. The number of nitrogens with one attached hydrogen (secondary N) is 1. The van der Waals surface area contributed by atoms with Crippen LogP contribution in [-0.4, -0.2) is 28.8 Å². The van der Waals surface area contributed by atoms with Crippen LogP contribution in [0.15, 0.2) is 83.5 Å². The minimum absolute atomic E-state index is 0.0421. The molecule has 0 spiro atoms. The van der Waals surface area contributed by atoms with Gasteiger partial charge in [0.05, 0.1) is 17.8 Å². The molecule has 3 heterocycles. The first kappa shape index (κ1) is 23.6. The molecule has 0 aliphatic carbocycles. The van der Waals surface area contributed by atoms with E-state index in [0.29, 0.717) is 5.11 Å². The zero-order valence-electron chi connectivity index (χ0n) is 20.2. The predicted octanol–water partition coefficient (Wildman–Crippen LogP) is 6.49. The van der Waals surface area contributed by atoms with Crippen molar-refractivity contribution in [3.63, 3.8) is 0 Å². The van der Waals surface area contributed by atoms with E-state index >= 15 is 0 Å². The average Bonchev–Trinajstić information content (AvgIpc) is 3.35. The lowest BCUT2D eigenvalue weighted by Crippen LogP contribution is -2.29. The minimum Gasteiger partial charge on any atom is -0.378 e. The molecule has 35 heavy (non-hydrogen) atoms. The third-order valence-electron chi connectivity index (χ3n) is 6.62. The maximum absolute atomic E-state index is 5.89. The molecule has 1 aliphatic rings. The Kier molecular flexibility index (Phi) is 6.38. The summed E-state index contributed by atoms with van der Waals surface area (Å²) in [6.07, 6.45) is 1.84. The second-order valence-electron chi connectivity index (χ2n) is 9.05. The second kappa shape index (κ2) is 9.47. The molecule has 0 amide bonds. The number of pyridine rings is 1. The number of anilines is 2. The van der Waals surface area contributed by atoms with Gasteiger partial charge in [0.15, 0.2) is 5.11 Å². The van der Waals surface area contributed by atoms with E-state index in [2.05, 4.69) is 129 Å². The molecule has 5 nitrogen and oxygen atoms in total. The van der Waals surface area contributed by atoms with Gasteiger partial charge in [0.25, 0.3) is 0 Å². The summed E-state index contributed by atoms with van der Waals surface area (Å²) in [5, 5.41) is 4.27. The lowest BCUT2D eigenvalue weighted by Gasteiger charge is -2.28. The van der Waals surface area contributed by atoms with Gasteiger partial charge in [0, 0.05) is 53.2 Å². The number of halogens is 1. The van der Waals surface area contributed by atoms with Crippen molar-refractivity contribution in [2.45, 2.75) is 25.9 Å². The molecule has 1 aliphatic heterocycles. The fraction of sp³-hybridized carbons (Fsp3) is 0.214. The summed E-state index contributed by atoms with van der Waals surface area (Å²) >= 11 is 9.45. The monoisotopic (exact) mass is 545 g/mol. The van der Waals surface area contributed by atoms with E-state index in [4.69, 9.17) is 12.2 Å². The largest absolute Gasteiger partial charge is 0.378 e. The number of thiocarbonyl (C=S) groups is 1. The number of hydrogen-bond donors (Lipinski definition) is 1. The molecule has 178 valence electrons. The van der Waals surface area contributed by atoms with Crippen LogP contribution in [0, 0.1) is 13.8 Å². The van der Waals surface area contributed by atoms with Gasteiger partial charge in [-0.1, -0.05) is 22.0 Å². The molecule has 2 atom stereocenters. The molecule has 5 rings (SSSR count). The molecule has 2 aromatic heterocycles. The van der Waals surface area contributed by atoms with Crippen LogP contribution in [0.2, 0.25) is 0 Å². The van der Waals surface area contributed by atoms with Gasteiger partial charge >= 0.3 is 0 Å². The smallest absolute Gasteiger partial charge is 0.174 e. The standard InChI is InChI=1S/C28H28BrN5S/c1-18-17-24(19(2)33(18)22-14-12-21(13-15-22)32(3)4)27-26(25-7-5-6-16-30-25)31-28(35)34(27)23-10-8-20(29)9-11-23/h5-17,26-27H,1-4H3,(H,31,35)/t26-,27-/m1/s1. The Hall–Kier alpha value is -3.16. The van der Waals surface area contributed by atoms with Gasteiger partial charge in [0.2, 0.25) is 0 Å². The average molecular weight is 547 g/mol. The van der Waals surface area contributed by atoms with Crippen molar-refractivity contribution in [3.05, 3.63) is 106 Å².